The van der Waals surface area contributed by atoms with Crippen molar-refractivity contribution in [3.05, 3.63) is 83.9 Å². The number of ether oxygens (including phenoxy) is 2. The Balaban J connectivity index is 1.92. The third kappa shape index (κ3) is 3.11. The highest BCUT2D eigenvalue weighted by molar-refractivity contribution is 6.10. The van der Waals surface area contributed by atoms with E-state index in [0.717, 1.165) is 43.8 Å². The average Bonchev–Trinajstić information content (AvgIpc) is 2.85. The van der Waals surface area contributed by atoms with Gasteiger partial charge in [0.2, 0.25) is 5.54 Å². The van der Waals surface area contributed by atoms with E-state index in [1.54, 1.807) is 11.9 Å². The number of rotatable bonds is 2. The Morgan fingerprint density at radius 1 is 0.727 bits per heavy atom. The topological polar surface area (TPSA) is 55.8 Å². The molecule has 0 aromatic heterocycles. The Morgan fingerprint density at radius 2 is 1.21 bits per heavy atom. The van der Waals surface area contributed by atoms with Crippen molar-refractivity contribution in [2.75, 3.05) is 21.3 Å². The van der Waals surface area contributed by atoms with Gasteiger partial charge in [-0.1, -0.05) is 72.8 Å². The van der Waals surface area contributed by atoms with Gasteiger partial charge in [0.25, 0.3) is 0 Å². The zero-order valence-corrected chi connectivity index (χ0v) is 18.9. The first-order valence-electron chi connectivity index (χ1n) is 10.9. The maximum atomic E-state index is 13.2. The number of esters is 2. The van der Waals surface area contributed by atoms with Crippen LogP contribution < -0.4 is 0 Å². The van der Waals surface area contributed by atoms with E-state index in [0.29, 0.717) is 6.54 Å². The quantitative estimate of drug-likeness (QED) is 0.334. The number of benzene rings is 4. The maximum absolute atomic E-state index is 13.2. The molecule has 4 aromatic carbocycles. The molecule has 0 saturated heterocycles. The first-order valence-corrected chi connectivity index (χ1v) is 10.9. The summed E-state index contributed by atoms with van der Waals surface area (Å²) in [6.45, 7) is 0.382. The van der Waals surface area contributed by atoms with Crippen molar-refractivity contribution >= 4 is 33.5 Å². The zero-order valence-electron chi connectivity index (χ0n) is 18.9. The maximum Gasteiger partial charge on any atom is 0.338 e. The van der Waals surface area contributed by atoms with Gasteiger partial charge in [0, 0.05) is 13.0 Å². The standard InChI is InChI=1S/C28H25NO4/c1-29-17-21-15-13-19-9-5-7-11-23(19)25(21)24-20(14-12-18-8-4-6-10-22(18)24)16-28(29,26(30)32-2)27(31)33-3/h4-15H,16-17H2,1-3H3. The van der Waals surface area contributed by atoms with Gasteiger partial charge in [-0.2, -0.15) is 0 Å². The van der Waals surface area contributed by atoms with Crippen LogP contribution in [0.25, 0.3) is 32.7 Å². The summed E-state index contributed by atoms with van der Waals surface area (Å²) in [7, 11) is 4.39. The van der Waals surface area contributed by atoms with Crippen LogP contribution in [0.3, 0.4) is 0 Å². The van der Waals surface area contributed by atoms with Crippen LogP contribution in [0.2, 0.25) is 0 Å². The molecule has 0 fully saturated rings. The van der Waals surface area contributed by atoms with Gasteiger partial charge in [-0.05, 0) is 50.8 Å². The highest BCUT2D eigenvalue weighted by Gasteiger charge is 2.53. The molecular formula is C28H25NO4. The predicted octanol–water partition coefficient (Wildman–Crippen LogP) is 4.73. The summed E-state index contributed by atoms with van der Waals surface area (Å²) < 4.78 is 10.3. The van der Waals surface area contributed by atoms with Gasteiger partial charge in [-0.25, -0.2) is 9.59 Å². The van der Waals surface area contributed by atoms with Crippen molar-refractivity contribution in [3.8, 4) is 11.1 Å². The number of hydrogen-bond acceptors (Lipinski definition) is 5. The summed E-state index contributed by atoms with van der Waals surface area (Å²) in [5, 5.41) is 4.47. The molecule has 166 valence electrons. The van der Waals surface area contributed by atoms with Crippen molar-refractivity contribution < 1.29 is 19.1 Å². The number of likely N-dealkylation sites (N-methyl/N-ethyl adjacent to an activating group) is 1. The van der Waals surface area contributed by atoms with Crippen LogP contribution in [0.5, 0.6) is 0 Å². The minimum Gasteiger partial charge on any atom is -0.467 e. The molecule has 4 aromatic rings. The number of carbonyl (C=O) groups is 2. The number of carbonyl (C=O) groups excluding carboxylic acids is 2. The normalized spacial score (nSPS) is 15.2. The Kier molecular flexibility index (Phi) is 5.14. The van der Waals surface area contributed by atoms with Crippen molar-refractivity contribution in [3.63, 3.8) is 0 Å². The highest BCUT2D eigenvalue weighted by atomic mass is 16.5. The number of nitrogens with zero attached hydrogens (tertiary/aromatic N) is 1. The second-order valence-corrected chi connectivity index (χ2v) is 8.52. The van der Waals surface area contributed by atoms with Crippen molar-refractivity contribution in [1.29, 1.82) is 0 Å². The van der Waals surface area contributed by atoms with E-state index in [4.69, 9.17) is 9.47 Å². The van der Waals surface area contributed by atoms with E-state index in [2.05, 4.69) is 36.4 Å². The fourth-order valence-corrected chi connectivity index (χ4v) is 5.18. The molecule has 1 aliphatic rings. The summed E-state index contributed by atoms with van der Waals surface area (Å²) in [5.41, 5.74) is 2.52. The van der Waals surface area contributed by atoms with Gasteiger partial charge < -0.3 is 9.47 Å². The first-order chi connectivity index (χ1) is 16.0. The molecule has 1 heterocycles. The van der Waals surface area contributed by atoms with E-state index in [1.165, 1.54) is 14.2 Å². The minimum atomic E-state index is -1.59. The van der Waals surface area contributed by atoms with Crippen LogP contribution in [0, 0.1) is 0 Å². The zero-order chi connectivity index (χ0) is 23.2. The summed E-state index contributed by atoms with van der Waals surface area (Å²) in [6.07, 6.45) is 0.145. The molecule has 0 aliphatic carbocycles. The van der Waals surface area contributed by atoms with Crippen molar-refractivity contribution in [2.24, 2.45) is 0 Å². The summed E-state index contributed by atoms with van der Waals surface area (Å²) in [4.78, 5) is 28.2. The van der Waals surface area contributed by atoms with Gasteiger partial charge in [-0.3, -0.25) is 4.90 Å². The molecule has 0 amide bonds. The smallest absolute Gasteiger partial charge is 0.338 e. The van der Waals surface area contributed by atoms with Crippen molar-refractivity contribution in [2.45, 2.75) is 18.5 Å². The van der Waals surface area contributed by atoms with Gasteiger partial charge >= 0.3 is 11.9 Å². The molecule has 0 radical (unpaired) electrons. The Bertz CT molecular complexity index is 1390. The molecule has 33 heavy (non-hydrogen) atoms. The Labute approximate surface area is 192 Å². The van der Waals surface area contributed by atoms with Crippen LogP contribution in [-0.2, 0) is 32.0 Å². The number of fused-ring (bicyclic) bond motifs is 7. The van der Waals surface area contributed by atoms with Crippen LogP contribution in [0.15, 0.2) is 72.8 Å². The van der Waals surface area contributed by atoms with Gasteiger partial charge in [0.05, 0.1) is 14.2 Å². The summed E-state index contributed by atoms with van der Waals surface area (Å²) >= 11 is 0. The molecule has 5 heteroatoms. The largest absolute Gasteiger partial charge is 0.467 e. The molecule has 0 bridgehead atoms. The SMILES string of the molecule is COC(=O)C1(C(=O)OC)Cc2ccc3ccccc3c2-c2c(ccc3ccccc23)CN1C. The second-order valence-electron chi connectivity index (χ2n) is 8.52. The lowest BCUT2D eigenvalue weighted by atomic mass is 9.79. The number of methoxy groups -OCH3 is 2. The predicted molar refractivity (Wildman–Crippen MR) is 129 cm³/mol. The van der Waals surface area contributed by atoms with Gasteiger partial charge in [-0.15, -0.1) is 0 Å². The van der Waals surface area contributed by atoms with E-state index >= 15 is 0 Å². The lowest BCUT2D eigenvalue weighted by molar-refractivity contribution is -0.171. The van der Waals surface area contributed by atoms with E-state index in [1.807, 2.05) is 36.4 Å². The molecule has 1 aliphatic heterocycles. The van der Waals surface area contributed by atoms with Crippen LogP contribution in [0.4, 0.5) is 0 Å². The Hall–Kier alpha value is -3.70. The molecule has 5 nitrogen and oxygen atoms in total. The summed E-state index contributed by atoms with van der Waals surface area (Å²) in [5.74, 6) is -1.25. The molecule has 0 saturated carbocycles. The monoisotopic (exact) mass is 439 g/mol. The molecule has 5 rings (SSSR count). The molecular weight excluding hydrogens is 414 g/mol. The lowest BCUT2D eigenvalue weighted by Crippen LogP contribution is -2.61. The van der Waals surface area contributed by atoms with Gasteiger partial charge in [0.1, 0.15) is 0 Å². The molecule has 0 spiro atoms. The summed E-state index contributed by atoms with van der Waals surface area (Å²) in [6, 6.07) is 24.8. The lowest BCUT2D eigenvalue weighted by Gasteiger charge is -2.39. The fourth-order valence-electron chi connectivity index (χ4n) is 5.18. The molecule has 0 atom stereocenters. The number of hydrogen-bond donors (Lipinski definition) is 0. The van der Waals surface area contributed by atoms with Gasteiger partial charge in [0.15, 0.2) is 0 Å². The third-order valence-corrected chi connectivity index (χ3v) is 6.83. The van der Waals surface area contributed by atoms with E-state index in [-0.39, 0.29) is 6.42 Å². The average molecular weight is 440 g/mol. The first kappa shape index (κ1) is 21.2. The van der Waals surface area contributed by atoms with Crippen LogP contribution in [0.1, 0.15) is 11.1 Å². The Morgan fingerprint density at radius 3 is 1.76 bits per heavy atom. The van der Waals surface area contributed by atoms with Crippen LogP contribution >= 0.6 is 0 Å². The molecule has 0 unspecified atom stereocenters. The molecule has 0 N–H and O–H groups in total. The fraction of sp³-hybridized carbons (Fsp3) is 0.214. The minimum absolute atomic E-state index is 0.145. The second kappa shape index (κ2) is 8.01. The third-order valence-electron chi connectivity index (χ3n) is 6.83. The van der Waals surface area contributed by atoms with Crippen LogP contribution in [-0.4, -0.2) is 43.6 Å². The van der Waals surface area contributed by atoms with E-state index < -0.39 is 17.5 Å². The van der Waals surface area contributed by atoms with Crippen molar-refractivity contribution in [1.82, 2.24) is 4.90 Å². The van der Waals surface area contributed by atoms with E-state index in [9.17, 15) is 9.59 Å². The highest BCUT2D eigenvalue weighted by Crippen LogP contribution is 2.43.